The van der Waals surface area contributed by atoms with Crippen molar-refractivity contribution in [2.24, 2.45) is 0 Å². The number of nitrogens with zero attached hydrogens (tertiary/aromatic N) is 3. The number of benzene rings is 2. The Kier molecular flexibility index (Phi) is 6.74. The SMILES string of the molecule is COc1ccc2c(c1)C(=O)N(C[C@@]1(C#Cc3ccc(-c4nc(N5CCC(=O)CC5)ccc4O)cc3)NC(=O)NC1=O)C2. The van der Waals surface area contributed by atoms with Gasteiger partial charge in [-0.1, -0.05) is 30.0 Å². The molecule has 212 valence electrons. The molecule has 2 saturated heterocycles. The Balaban J connectivity index is 1.23. The largest absolute Gasteiger partial charge is 0.506 e. The van der Waals surface area contributed by atoms with Gasteiger partial charge in [-0.3, -0.25) is 19.7 Å². The number of carbonyl (C=O) groups excluding carboxylic acids is 4. The fourth-order valence-corrected chi connectivity index (χ4v) is 5.32. The number of rotatable bonds is 5. The lowest BCUT2D eigenvalue weighted by Gasteiger charge is -2.27. The van der Waals surface area contributed by atoms with Gasteiger partial charge in [0.15, 0.2) is 0 Å². The highest BCUT2D eigenvalue weighted by atomic mass is 16.5. The van der Waals surface area contributed by atoms with Crippen LogP contribution in [-0.4, -0.2) is 70.9 Å². The molecule has 1 atom stereocenters. The summed E-state index contributed by atoms with van der Waals surface area (Å²) in [6.07, 6.45) is 0.942. The average molecular weight is 566 g/mol. The third kappa shape index (κ3) is 4.99. The van der Waals surface area contributed by atoms with Crippen molar-refractivity contribution in [3.05, 3.63) is 71.3 Å². The molecule has 0 aliphatic carbocycles. The van der Waals surface area contributed by atoms with Gasteiger partial charge in [0, 0.05) is 49.2 Å². The molecule has 6 rings (SSSR count). The maximum Gasteiger partial charge on any atom is 0.323 e. The number of amides is 4. The summed E-state index contributed by atoms with van der Waals surface area (Å²) in [5.74, 6) is 6.42. The minimum Gasteiger partial charge on any atom is -0.506 e. The van der Waals surface area contributed by atoms with E-state index in [4.69, 9.17) is 4.74 Å². The molecule has 0 bridgehead atoms. The molecular weight excluding hydrogens is 538 g/mol. The quantitative estimate of drug-likeness (QED) is 0.316. The van der Waals surface area contributed by atoms with Gasteiger partial charge < -0.3 is 25.0 Å². The van der Waals surface area contributed by atoms with E-state index >= 15 is 0 Å². The average Bonchev–Trinajstić information content (AvgIpc) is 3.46. The van der Waals surface area contributed by atoms with Gasteiger partial charge in [0.1, 0.15) is 28.8 Å². The zero-order valence-corrected chi connectivity index (χ0v) is 22.8. The summed E-state index contributed by atoms with van der Waals surface area (Å²) in [5.41, 5.74) is 1.24. The van der Waals surface area contributed by atoms with Gasteiger partial charge in [-0.2, -0.15) is 0 Å². The molecule has 4 heterocycles. The van der Waals surface area contributed by atoms with E-state index in [2.05, 4.69) is 27.5 Å². The molecule has 0 radical (unpaired) electrons. The summed E-state index contributed by atoms with van der Waals surface area (Å²) < 4.78 is 5.23. The molecule has 42 heavy (non-hydrogen) atoms. The predicted molar refractivity (Wildman–Crippen MR) is 152 cm³/mol. The van der Waals surface area contributed by atoms with Crippen LogP contribution in [0.1, 0.15) is 34.3 Å². The highest BCUT2D eigenvalue weighted by Crippen LogP contribution is 2.31. The Morgan fingerprint density at radius 3 is 2.48 bits per heavy atom. The summed E-state index contributed by atoms with van der Waals surface area (Å²) in [6, 6.07) is 14.8. The van der Waals surface area contributed by atoms with E-state index in [-0.39, 0.29) is 30.5 Å². The van der Waals surface area contributed by atoms with Crippen LogP contribution in [0.15, 0.2) is 54.6 Å². The molecule has 0 spiro atoms. The van der Waals surface area contributed by atoms with Crippen LogP contribution < -0.4 is 20.3 Å². The van der Waals surface area contributed by atoms with Crippen LogP contribution in [0.25, 0.3) is 11.3 Å². The first-order valence-electron chi connectivity index (χ1n) is 13.4. The third-order valence-corrected chi connectivity index (χ3v) is 7.65. The van der Waals surface area contributed by atoms with E-state index in [0.717, 1.165) is 5.56 Å². The van der Waals surface area contributed by atoms with Crippen molar-refractivity contribution in [3.8, 4) is 34.6 Å². The second kappa shape index (κ2) is 10.6. The van der Waals surface area contributed by atoms with Crippen molar-refractivity contribution in [1.82, 2.24) is 20.5 Å². The molecule has 3 N–H and O–H groups in total. The highest BCUT2D eigenvalue weighted by Gasteiger charge is 2.48. The number of piperidine rings is 1. The fourth-order valence-electron chi connectivity index (χ4n) is 5.32. The van der Waals surface area contributed by atoms with Gasteiger partial charge in [0.05, 0.1) is 13.7 Å². The maximum atomic E-state index is 13.1. The Hall–Kier alpha value is -5.37. The lowest BCUT2D eigenvalue weighted by Crippen LogP contribution is -2.54. The smallest absolute Gasteiger partial charge is 0.323 e. The van der Waals surface area contributed by atoms with Gasteiger partial charge in [-0.15, -0.1) is 0 Å². The first-order chi connectivity index (χ1) is 20.2. The van der Waals surface area contributed by atoms with E-state index in [1.54, 1.807) is 54.6 Å². The molecule has 0 unspecified atom stereocenters. The number of fused-ring (bicyclic) bond motifs is 1. The number of nitrogens with one attached hydrogen (secondary N) is 2. The Morgan fingerprint density at radius 1 is 1.02 bits per heavy atom. The molecule has 3 aliphatic rings. The molecular formula is C31H27N5O6. The second-order valence-electron chi connectivity index (χ2n) is 10.4. The van der Waals surface area contributed by atoms with Crippen molar-refractivity contribution < 1.29 is 29.0 Å². The topological polar surface area (TPSA) is 141 Å². The summed E-state index contributed by atoms with van der Waals surface area (Å²) >= 11 is 0. The summed E-state index contributed by atoms with van der Waals surface area (Å²) in [6.45, 7) is 1.29. The normalized spacial score (nSPS) is 19.6. The van der Waals surface area contributed by atoms with Crippen LogP contribution in [0, 0.1) is 11.8 Å². The van der Waals surface area contributed by atoms with E-state index in [1.165, 1.54) is 12.0 Å². The van der Waals surface area contributed by atoms with Gasteiger partial charge in [-0.25, -0.2) is 9.78 Å². The maximum absolute atomic E-state index is 13.1. The number of carbonyl (C=O) groups is 4. The molecule has 1 aromatic heterocycles. The molecule has 11 nitrogen and oxygen atoms in total. The predicted octanol–water partition coefficient (Wildman–Crippen LogP) is 2.22. The first-order valence-corrected chi connectivity index (χ1v) is 13.4. The first kappa shape index (κ1) is 26.8. The number of aromatic hydroxyl groups is 1. The summed E-state index contributed by atoms with van der Waals surface area (Å²) in [5, 5.41) is 15.3. The molecule has 3 aromatic rings. The summed E-state index contributed by atoms with van der Waals surface area (Å²) in [7, 11) is 1.52. The van der Waals surface area contributed by atoms with Gasteiger partial charge in [0.2, 0.25) is 5.54 Å². The van der Waals surface area contributed by atoms with Crippen LogP contribution in [0.3, 0.4) is 0 Å². The van der Waals surface area contributed by atoms with Crippen LogP contribution in [0.5, 0.6) is 11.5 Å². The minimum atomic E-state index is -1.64. The van der Waals surface area contributed by atoms with E-state index < -0.39 is 17.5 Å². The van der Waals surface area contributed by atoms with Gasteiger partial charge >= 0.3 is 6.03 Å². The minimum absolute atomic E-state index is 0.0175. The Morgan fingerprint density at radius 2 is 1.79 bits per heavy atom. The second-order valence-corrected chi connectivity index (χ2v) is 10.4. The van der Waals surface area contributed by atoms with Crippen LogP contribution in [-0.2, 0) is 16.1 Å². The number of hydrogen-bond acceptors (Lipinski definition) is 8. The fraction of sp³-hybridized carbons (Fsp3) is 0.258. The number of urea groups is 1. The van der Waals surface area contributed by atoms with Gasteiger partial charge in [0.25, 0.3) is 11.8 Å². The number of anilines is 1. The number of methoxy groups -OCH3 is 1. The molecule has 0 saturated carbocycles. The lowest BCUT2D eigenvalue weighted by molar-refractivity contribution is -0.122. The van der Waals surface area contributed by atoms with Crippen molar-refractivity contribution in [2.75, 3.05) is 31.6 Å². The molecule has 11 heteroatoms. The van der Waals surface area contributed by atoms with Crippen LogP contribution >= 0.6 is 0 Å². The molecule has 2 fully saturated rings. The van der Waals surface area contributed by atoms with Crippen molar-refractivity contribution in [3.63, 3.8) is 0 Å². The van der Waals surface area contributed by atoms with E-state index in [1.807, 2.05) is 4.90 Å². The molecule has 3 aliphatic heterocycles. The standard InChI is InChI=1S/C31H27N5O6/c1-42-23-7-6-21-17-36(28(39)24(21)16-23)18-31(29(40)33-30(41)34-31)13-10-19-2-4-20(5-3-19)27-25(38)8-9-26(32-27)35-14-11-22(37)12-15-35/h2-9,16,38H,11-12,14-15,17-18H2,1H3,(H2,33,34,40,41)/t31-/m1/s1. The lowest BCUT2D eigenvalue weighted by atomic mass is 9.98. The molecule has 2 aromatic carbocycles. The number of hydrogen-bond donors (Lipinski definition) is 3. The number of ether oxygens (including phenoxy) is 1. The Labute approximate surface area is 241 Å². The van der Waals surface area contributed by atoms with Crippen molar-refractivity contribution in [2.45, 2.75) is 24.9 Å². The number of ketones is 1. The highest BCUT2D eigenvalue weighted by molar-refractivity contribution is 6.10. The monoisotopic (exact) mass is 565 g/mol. The molecule has 4 amide bonds. The van der Waals surface area contributed by atoms with Crippen molar-refractivity contribution in [1.29, 1.82) is 0 Å². The number of aromatic nitrogens is 1. The third-order valence-electron chi connectivity index (χ3n) is 7.65. The van der Waals surface area contributed by atoms with Crippen LogP contribution in [0.4, 0.5) is 10.6 Å². The van der Waals surface area contributed by atoms with Gasteiger partial charge in [-0.05, 0) is 42.0 Å². The zero-order valence-electron chi connectivity index (χ0n) is 22.8. The van der Waals surface area contributed by atoms with E-state index in [9.17, 15) is 24.3 Å². The number of Topliss-reactive ketones (excluding diaryl/α,β-unsaturated/α-hetero) is 1. The van der Waals surface area contributed by atoms with E-state index in [0.29, 0.717) is 59.9 Å². The summed E-state index contributed by atoms with van der Waals surface area (Å²) in [4.78, 5) is 58.0. The zero-order chi connectivity index (χ0) is 29.4. The number of pyridine rings is 1. The van der Waals surface area contributed by atoms with Crippen molar-refractivity contribution >= 4 is 29.4 Å². The number of imide groups is 1. The van der Waals surface area contributed by atoms with Crippen LogP contribution in [0.2, 0.25) is 0 Å². The Bertz CT molecular complexity index is 1680.